The predicted molar refractivity (Wildman–Crippen MR) is 121 cm³/mol. The van der Waals surface area contributed by atoms with Gasteiger partial charge in [-0.05, 0) is 67.8 Å². The summed E-state index contributed by atoms with van der Waals surface area (Å²) in [5.41, 5.74) is 3.96. The molecular weight excluding hydrogens is 358 g/mol. The molecule has 4 nitrogen and oxygen atoms in total. The van der Waals surface area contributed by atoms with E-state index in [0.29, 0.717) is 5.56 Å². The zero-order valence-electron chi connectivity index (χ0n) is 17.4. The van der Waals surface area contributed by atoms with Gasteiger partial charge in [-0.15, -0.1) is 0 Å². The Balaban J connectivity index is 1.50. The van der Waals surface area contributed by atoms with E-state index in [1.807, 2.05) is 50.2 Å². The number of fused-ring (bicyclic) bond motifs is 1. The van der Waals surface area contributed by atoms with Crippen LogP contribution in [0, 0.1) is 6.92 Å². The smallest absolute Gasteiger partial charge is 0.252 e. The monoisotopic (exact) mass is 387 g/mol. The maximum atomic E-state index is 13.1. The highest BCUT2D eigenvalue weighted by Crippen LogP contribution is 2.25. The molecule has 29 heavy (non-hydrogen) atoms. The Morgan fingerprint density at radius 2 is 1.90 bits per heavy atom. The van der Waals surface area contributed by atoms with Crippen molar-refractivity contribution in [2.45, 2.75) is 38.8 Å². The van der Waals surface area contributed by atoms with Gasteiger partial charge in [-0.1, -0.05) is 48.5 Å². The third-order valence-electron chi connectivity index (χ3n) is 6.03. The van der Waals surface area contributed by atoms with Crippen LogP contribution in [0.5, 0.6) is 0 Å². The Bertz CT molecular complexity index is 1030. The molecule has 0 aromatic heterocycles. The van der Waals surface area contributed by atoms with E-state index in [4.69, 9.17) is 0 Å². The van der Waals surface area contributed by atoms with Gasteiger partial charge in [0.2, 0.25) is 0 Å². The SMILES string of the molecule is Cc1ccc(NCC2(C)CCN2)cc1C(=O)N[C@H](C)c1cccc2ccccc12. The van der Waals surface area contributed by atoms with Crippen molar-refractivity contribution in [1.29, 1.82) is 0 Å². The van der Waals surface area contributed by atoms with Crippen LogP contribution in [-0.4, -0.2) is 24.5 Å². The van der Waals surface area contributed by atoms with Gasteiger partial charge in [-0.25, -0.2) is 0 Å². The molecule has 150 valence electrons. The van der Waals surface area contributed by atoms with Crippen LogP contribution in [0.4, 0.5) is 5.69 Å². The molecule has 3 N–H and O–H groups in total. The fourth-order valence-electron chi connectivity index (χ4n) is 3.96. The molecule has 1 heterocycles. The van der Waals surface area contributed by atoms with Crippen LogP contribution in [0.15, 0.2) is 60.7 Å². The number of aryl methyl sites for hydroxylation is 1. The van der Waals surface area contributed by atoms with Crippen LogP contribution < -0.4 is 16.0 Å². The molecule has 1 fully saturated rings. The second-order valence-corrected chi connectivity index (χ2v) is 8.38. The van der Waals surface area contributed by atoms with Gasteiger partial charge in [-0.3, -0.25) is 4.79 Å². The number of nitrogens with one attached hydrogen (secondary N) is 3. The molecule has 0 radical (unpaired) electrons. The van der Waals surface area contributed by atoms with E-state index in [9.17, 15) is 4.79 Å². The van der Waals surface area contributed by atoms with Crippen molar-refractivity contribution in [1.82, 2.24) is 10.6 Å². The first-order valence-corrected chi connectivity index (χ1v) is 10.3. The summed E-state index contributed by atoms with van der Waals surface area (Å²) in [5, 5.41) is 12.5. The summed E-state index contributed by atoms with van der Waals surface area (Å²) in [6.07, 6.45) is 1.17. The molecule has 1 saturated heterocycles. The summed E-state index contributed by atoms with van der Waals surface area (Å²) >= 11 is 0. The number of carbonyl (C=O) groups is 1. The minimum absolute atomic E-state index is 0.0421. The van der Waals surface area contributed by atoms with Gasteiger partial charge in [0.1, 0.15) is 0 Å². The topological polar surface area (TPSA) is 53.2 Å². The van der Waals surface area contributed by atoms with Gasteiger partial charge in [0.05, 0.1) is 6.04 Å². The molecule has 1 amide bonds. The third kappa shape index (κ3) is 4.13. The molecule has 1 aliphatic rings. The number of hydrogen-bond acceptors (Lipinski definition) is 3. The minimum atomic E-state index is -0.0808. The van der Waals surface area contributed by atoms with Crippen molar-refractivity contribution >= 4 is 22.4 Å². The molecule has 3 aromatic rings. The van der Waals surface area contributed by atoms with Crippen LogP contribution in [0.2, 0.25) is 0 Å². The highest BCUT2D eigenvalue weighted by Gasteiger charge is 2.30. The van der Waals surface area contributed by atoms with E-state index in [1.54, 1.807) is 0 Å². The van der Waals surface area contributed by atoms with E-state index < -0.39 is 0 Å². The summed E-state index contributed by atoms with van der Waals surface area (Å²) in [5.74, 6) is -0.0421. The first-order valence-electron chi connectivity index (χ1n) is 10.3. The molecule has 0 bridgehead atoms. The second-order valence-electron chi connectivity index (χ2n) is 8.38. The number of amides is 1. The van der Waals surface area contributed by atoms with Gasteiger partial charge >= 0.3 is 0 Å². The summed E-state index contributed by atoms with van der Waals surface area (Å²) in [4.78, 5) is 13.1. The number of rotatable bonds is 6. The lowest BCUT2D eigenvalue weighted by molar-refractivity contribution is 0.0939. The van der Waals surface area contributed by atoms with E-state index >= 15 is 0 Å². The summed E-state index contributed by atoms with van der Waals surface area (Å²) in [7, 11) is 0. The van der Waals surface area contributed by atoms with E-state index in [2.05, 4.69) is 47.1 Å². The molecule has 4 heteroatoms. The Kier molecular flexibility index (Phi) is 5.29. The van der Waals surface area contributed by atoms with Gasteiger partial charge in [0.25, 0.3) is 5.91 Å². The van der Waals surface area contributed by atoms with Gasteiger partial charge in [-0.2, -0.15) is 0 Å². The summed E-state index contributed by atoms with van der Waals surface area (Å²) < 4.78 is 0. The van der Waals surface area contributed by atoms with E-state index in [-0.39, 0.29) is 17.5 Å². The van der Waals surface area contributed by atoms with Crippen molar-refractivity contribution in [2.75, 3.05) is 18.4 Å². The lowest BCUT2D eigenvalue weighted by Crippen LogP contribution is -2.58. The lowest BCUT2D eigenvalue weighted by Gasteiger charge is -2.40. The number of hydrogen-bond donors (Lipinski definition) is 3. The number of carbonyl (C=O) groups excluding carboxylic acids is 1. The van der Waals surface area contributed by atoms with Crippen molar-refractivity contribution in [2.24, 2.45) is 0 Å². The Morgan fingerprint density at radius 1 is 1.14 bits per heavy atom. The maximum Gasteiger partial charge on any atom is 0.252 e. The van der Waals surface area contributed by atoms with Crippen molar-refractivity contribution in [3.8, 4) is 0 Å². The molecule has 0 saturated carbocycles. The average Bonchev–Trinajstić information content (AvgIpc) is 2.71. The third-order valence-corrected chi connectivity index (χ3v) is 6.03. The average molecular weight is 388 g/mol. The van der Waals surface area contributed by atoms with E-state index in [0.717, 1.165) is 29.9 Å². The van der Waals surface area contributed by atoms with Crippen LogP contribution >= 0.6 is 0 Å². The highest BCUT2D eigenvalue weighted by atomic mass is 16.1. The van der Waals surface area contributed by atoms with Crippen molar-refractivity contribution in [3.05, 3.63) is 77.4 Å². The van der Waals surface area contributed by atoms with Crippen LogP contribution in [0.3, 0.4) is 0 Å². The molecule has 0 spiro atoms. The zero-order valence-corrected chi connectivity index (χ0v) is 17.4. The van der Waals surface area contributed by atoms with Crippen LogP contribution in [0.1, 0.15) is 47.8 Å². The highest BCUT2D eigenvalue weighted by molar-refractivity contribution is 5.97. The second kappa shape index (κ2) is 7.88. The van der Waals surface area contributed by atoms with E-state index in [1.165, 1.54) is 17.2 Å². The Morgan fingerprint density at radius 3 is 2.66 bits per heavy atom. The number of anilines is 1. The van der Waals surface area contributed by atoms with Crippen molar-refractivity contribution < 1.29 is 4.79 Å². The summed E-state index contributed by atoms with van der Waals surface area (Å²) in [6.45, 7) is 8.17. The summed E-state index contributed by atoms with van der Waals surface area (Å²) in [6, 6.07) is 20.5. The Hall–Kier alpha value is -2.85. The Labute approximate surface area is 172 Å². The molecule has 2 atom stereocenters. The standard InChI is InChI=1S/C25H29N3O/c1-17-11-12-20(26-16-25(3)13-14-27-25)15-23(17)24(29)28-18(2)21-10-6-8-19-7-4-5-9-22(19)21/h4-12,15,18,26-27H,13-14,16H2,1-3H3,(H,28,29)/t18-,25?/m1/s1. The largest absolute Gasteiger partial charge is 0.383 e. The minimum Gasteiger partial charge on any atom is -0.383 e. The van der Waals surface area contributed by atoms with Crippen LogP contribution in [0.25, 0.3) is 10.8 Å². The van der Waals surface area contributed by atoms with Gasteiger partial charge < -0.3 is 16.0 Å². The molecule has 1 unspecified atom stereocenters. The predicted octanol–water partition coefficient (Wildman–Crippen LogP) is 4.80. The van der Waals surface area contributed by atoms with Gasteiger partial charge in [0, 0.05) is 23.3 Å². The zero-order chi connectivity index (χ0) is 20.4. The normalized spacial score (nSPS) is 19.4. The van der Waals surface area contributed by atoms with Gasteiger partial charge in [0.15, 0.2) is 0 Å². The molecule has 0 aliphatic carbocycles. The van der Waals surface area contributed by atoms with Crippen molar-refractivity contribution in [3.63, 3.8) is 0 Å². The first-order chi connectivity index (χ1) is 14.0. The lowest BCUT2D eigenvalue weighted by atomic mass is 9.90. The quantitative estimate of drug-likeness (QED) is 0.569. The molecule has 1 aliphatic heterocycles. The van der Waals surface area contributed by atoms with Crippen LogP contribution in [-0.2, 0) is 0 Å². The molecular formula is C25H29N3O. The number of benzene rings is 3. The first kappa shape index (κ1) is 19.5. The maximum absolute atomic E-state index is 13.1. The fraction of sp³-hybridized carbons (Fsp3) is 0.320. The fourth-order valence-corrected chi connectivity index (χ4v) is 3.96. The molecule has 4 rings (SSSR count). The molecule has 3 aromatic carbocycles.